The highest BCUT2D eigenvalue weighted by Gasteiger charge is 2.52. The number of hydrogen-bond acceptors (Lipinski definition) is 4. The maximum absolute atomic E-state index is 14.7. The smallest absolute Gasteiger partial charge is 0.411 e. The van der Waals surface area contributed by atoms with Crippen molar-refractivity contribution in [1.29, 1.82) is 0 Å². The fraction of sp³-hybridized carbons (Fsp3) is 0.579. The lowest BCUT2D eigenvalue weighted by molar-refractivity contribution is -0.144. The van der Waals surface area contributed by atoms with Gasteiger partial charge in [0.1, 0.15) is 18.9 Å². The van der Waals surface area contributed by atoms with Gasteiger partial charge in [-0.3, -0.25) is 4.90 Å². The Morgan fingerprint density at radius 1 is 1.19 bits per heavy atom. The molecule has 1 saturated heterocycles. The molecule has 8 heteroatoms. The molecule has 1 N–H and O–H groups in total. The second-order valence-corrected chi connectivity index (χ2v) is 11.5. The molecule has 0 saturated carbocycles. The fourth-order valence-corrected chi connectivity index (χ4v) is 6.33. The zero-order chi connectivity index (χ0) is 20.0. The van der Waals surface area contributed by atoms with E-state index in [1.807, 2.05) is 39.0 Å². The number of carbonyl (C=O) groups is 2. The van der Waals surface area contributed by atoms with Gasteiger partial charge in [-0.05, 0) is 23.7 Å². The fourth-order valence-electron chi connectivity index (χ4n) is 3.47. The molecule has 1 aliphatic rings. The third-order valence-corrected chi connectivity index (χ3v) is 10.0. The molecular weight excluding hydrogens is 369 g/mol. The van der Waals surface area contributed by atoms with E-state index in [-0.39, 0.29) is 13.2 Å². The predicted molar refractivity (Wildman–Crippen MR) is 102 cm³/mol. The van der Waals surface area contributed by atoms with Crippen molar-refractivity contribution in [1.82, 2.24) is 4.90 Å². The van der Waals surface area contributed by atoms with E-state index in [1.165, 1.54) is 0 Å². The van der Waals surface area contributed by atoms with Crippen LogP contribution >= 0.6 is 0 Å². The number of aliphatic carboxylic acids is 1. The van der Waals surface area contributed by atoms with Crippen molar-refractivity contribution in [2.45, 2.75) is 63.8 Å². The summed E-state index contributed by atoms with van der Waals surface area (Å²) in [5, 5.41) is 9.64. The van der Waals surface area contributed by atoms with Crippen LogP contribution in [0, 0.1) is 0 Å². The number of likely N-dealkylation sites (tertiary alicyclic amines) is 1. The van der Waals surface area contributed by atoms with Crippen LogP contribution in [0.2, 0.25) is 18.1 Å². The monoisotopic (exact) mass is 397 g/mol. The van der Waals surface area contributed by atoms with Crippen LogP contribution in [0.1, 0.15) is 26.3 Å². The molecule has 2 rings (SSSR count). The first-order valence-electron chi connectivity index (χ1n) is 9.39. The first-order valence-corrected chi connectivity index (χ1v) is 11.9. The molecule has 27 heavy (non-hydrogen) atoms. The quantitative estimate of drug-likeness (QED) is 0.675. The van der Waals surface area contributed by atoms with Gasteiger partial charge in [-0.25, -0.2) is 14.0 Å². The Kier molecular flexibility index (Phi) is 7.38. The summed E-state index contributed by atoms with van der Waals surface area (Å²) in [6.45, 7) is 5.63. The summed E-state index contributed by atoms with van der Waals surface area (Å²) >= 11 is 0. The van der Waals surface area contributed by atoms with E-state index in [4.69, 9.17) is 9.16 Å². The Morgan fingerprint density at radius 2 is 1.78 bits per heavy atom. The van der Waals surface area contributed by atoms with Gasteiger partial charge in [-0.2, -0.15) is 0 Å². The highest BCUT2D eigenvalue weighted by Crippen LogP contribution is 2.32. The number of carboxylic acid groups (broad SMARTS) is 1. The maximum atomic E-state index is 14.7. The third-order valence-electron chi connectivity index (χ3n) is 5.39. The van der Waals surface area contributed by atoms with E-state index in [2.05, 4.69) is 0 Å². The molecule has 0 aromatic heterocycles. The molecular formula is C19H28FNO5Si. The molecule has 1 heterocycles. The lowest BCUT2D eigenvalue weighted by Crippen LogP contribution is -2.51. The van der Waals surface area contributed by atoms with Crippen molar-refractivity contribution in [3.8, 4) is 0 Å². The van der Waals surface area contributed by atoms with Crippen LogP contribution in [0.25, 0.3) is 0 Å². The number of carboxylic acids is 1. The molecule has 0 spiro atoms. The van der Waals surface area contributed by atoms with Crippen molar-refractivity contribution in [3.05, 3.63) is 35.9 Å². The van der Waals surface area contributed by atoms with Gasteiger partial charge in [0.25, 0.3) is 0 Å². The van der Waals surface area contributed by atoms with Crippen molar-refractivity contribution >= 4 is 20.4 Å². The molecule has 6 nitrogen and oxygen atoms in total. The number of ether oxygens (including phenoxy) is 1. The van der Waals surface area contributed by atoms with E-state index < -0.39 is 38.7 Å². The molecule has 1 aliphatic heterocycles. The maximum Gasteiger partial charge on any atom is 0.411 e. The van der Waals surface area contributed by atoms with Gasteiger partial charge in [0.15, 0.2) is 14.4 Å². The highest BCUT2D eigenvalue weighted by molar-refractivity contribution is 6.73. The van der Waals surface area contributed by atoms with Crippen molar-refractivity contribution in [2.24, 2.45) is 0 Å². The number of nitrogens with zero attached hydrogens (tertiary/aromatic N) is 1. The third kappa shape index (κ3) is 4.87. The molecule has 0 unspecified atom stereocenters. The van der Waals surface area contributed by atoms with Crippen LogP contribution in [0.4, 0.5) is 9.18 Å². The molecule has 150 valence electrons. The summed E-state index contributed by atoms with van der Waals surface area (Å²) in [6.07, 6.45) is -3.54. The lowest BCUT2D eigenvalue weighted by atomic mass is 10.1. The normalized spacial score (nSPS) is 22.7. The van der Waals surface area contributed by atoms with Crippen LogP contribution in [0.15, 0.2) is 30.3 Å². The van der Waals surface area contributed by atoms with Gasteiger partial charge < -0.3 is 14.3 Å². The number of carbonyl (C=O) groups excluding carboxylic acids is 1. The summed E-state index contributed by atoms with van der Waals surface area (Å²) in [4.78, 5) is 25.2. The van der Waals surface area contributed by atoms with E-state index in [0.717, 1.165) is 28.6 Å². The van der Waals surface area contributed by atoms with Crippen molar-refractivity contribution < 1.29 is 28.2 Å². The zero-order valence-electron chi connectivity index (χ0n) is 16.1. The van der Waals surface area contributed by atoms with Crippen molar-refractivity contribution in [2.75, 3.05) is 6.54 Å². The first-order chi connectivity index (χ1) is 12.9. The van der Waals surface area contributed by atoms with Gasteiger partial charge in [0.05, 0.1) is 6.54 Å². The Bertz CT molecular complexity index is 632. The number of alkyl halides is 1. The Balaban J connectivity index is 2.13. The number of benzene rings is 1. The van der Waals surface area contributed by atoms with E-state index in [0.29, 0.717) is 0 Å². The lowest BCUT2D eigenvalue weighted by Gasteiger charge is -2.34. The second kappa shape index (κ2) is 9.32. The number of amides is 1. The summed E-state index contributed by atoms with van der Waals surface area (Å²) in [5.41, 5.74) is 0.774. The summed E-state index contributed by atoms with van der Waals surface area (Å²) < 4.78 is 26.0. The van der Waals surface area contributed by atoms with Crippen LogP contribution < -0.4 is 0 Å². The molecule has 0 radical (unpaired) electrons. The van der Waals surface area contributed by atoms with Crippen molar-refractivity contribution in [3.63, 3.8) is 0 Å². The molecule has 3 atom stereocenters. The Labute approximate surface area is 160 Å². The largest absolute Gasteiger partial charge is 0.480 e. The van der Waals surface area contributed by atoms with Crippen LogP contribution in [0.5, 0.6) is 0 Å². The van der Waals surface area contributed by atoms with Gasteiger partial charge in [0.2, 0.25) is 0 Å². The summed E-state index contributed by atoms with van der Waals surface area (Å²) in [7, 11) is -2.23. The van der Waals surface area contributed by atoms with Gasteiger partial charge >= 0.3 is 12.1 Å². The predicted octanol–water partition coefficient (Wildman–Crippen LogP) is 3.82. The van der Waals surface area contributed by atoms with E-state index >= 15 is 0 Å². The number of rotatable bonds is 8. The van der Waals surface area contributed by atoms with E-state index in [1.54, 1.807) is 12.1 Å². The average molecular weight is 398 g/mol. The van der Waals surface area contributed by atoms with Gasteiger partial charge in [-0.15, -0.1) is 0 Å². The van der Waals surface area contributed by atoms with Crippen LogP contribution in [0.3, 0.4) is 0 Å². The minimum atomic E-state index is -2.23. The topological polar surface area (TPSA) is 76.1 Å². The minimum absolute atomic E-state index is 0.00254. The standard InChI is InChI=1S/C19H28FNO5Si/c1-4-27(5-2,6-3)26-17-15(20)12-21(16(17)18(22)23)19(24)25-13-14-10-8-7-9-11-14/h7-11,15-17H,4-6,12-13H2,1-3H3,(H,22,23)/t15-,16+,17+/m0/s1. The van der Waals surface area contributed by atoms with Crippen LogP contribution in [-0.2, 0) is 20.6 Å². The molecule has 1 fully saturated rings. The SMILES string of the molecule is CC[Si](CC)(CC)O[C@@H]1[C@@H](F)CN(C(=O)OCc2ccccc2)[C@H]1C(=O)O. The average Bonchev–Trinajstić information content (AvgIpc) is 3.01. The van der Waals surface area contributed by atoms with Gasteiger partial charge in [0, 0.05) is 0 Å². The summed E-state index contributed by atoms with van der Waals surface area (Å²) in [5.74, 6) is -1.27. The Morgan fingerprint density at radius 3 is 2.30 bits per heavy atom. The Hall–Kier alpha value is -1.93. The second-order valence-electron chi connectivity index (χ2n) is 6.82. The van der Waals surface area contributed by atoms with Gasteiger partial charge in [-0.1, -0.05) is 51.1 Å². The zero-order valence-corrected chi connectivity index (χ0v) is 17.1. The molecule has 0 bridgehead atoms. The molecule has 1 aromatic rings. The highest BCUT2D eigenvalue weighted by atomic mass is 28.4. The summed E-state index contributed by atoms with van der Waals surface area (Å²) in [6, 6.07) is 9.98. The molecule has 0 aliphatic carbocycles. The minimum Gasteiger partial charge on any atom is -0.480 e. The number of halogens is 1. The number of hydrogen-bond donors (Lipinski definition) is 1. The molecule has 1 amide bonds. The van der Waals surface area contributed by atoms with E-state index in [9.17, 15) is 19.1 Å². The molecule has 1 aromatic carbocycles. The van der Waals surface area contributed by atoms with Crippen LogP contribution in [-0.4, -0.2) is 55.2 Å². The first kappa shape index (κ1) is 21.4.